The second kappa shape index (κ2) is 9.70. The molecule has 0 saturated carbocycles. The van der Waals surface area contributed by atoms with Crippen molar-refractivity contribution in [3.63, 3.8) is 0 Å². The van der Waals surface area contributed by atoms with Crippen molar-refractivity contribution in [1.29, 1.82) is 0 Å². The molecule has 1 atom stereocenters. The van der Waals surface area contributed by atoms with Crippen LogP contribution in [-0.2, 0) is 14.3 Å². The molecule has 0 spiro atoms. The van der Waals surface area contributed by atoms with Crippen LogP contribution in [0, 0.1) is 0 Å². The Balaban J connectivity index is 3.83. The zero-order valence-electron chi connectivity index (χ0n) is 10.5. The lowest BCUT2D eigenvalue weighted by atomic mass is 10.1. The number of thioether (sulfide) groups is 1. The molecular formula is C12H22O3S. The number of hydrogen-bond acceptors (Lipinski definition) is 4. The van der Waals surface area contributed by atoms with Gasteiger partial charge in [-0.15, -0.1) is 0 Å². The molecule has 4 heteroatoms. The van der Waals surface area contributed by atoms with Gasteiger partial charge in [0.05, 0.1) is 0 Å². The zero-order chi connectivity index (χ0) is 12.4. The van der Waals surface area contributed by atoms with Crippen molar-refractivity contribution in [1.82, 2.24) is 0 Å². The normalized spacial score (nSPS) is 12.2. The van der Waals surface area contributed by atoms with Gasteiger partial charge in [-0.05, 0) is 19.1 Å². The second-order valence-corrected chi connectivity index (χ2v) is 4.63. The van der Waals surface area contributed by atoms with E-state index in [0.29, 0.717) is 6.42 Å². The summed E-state index contributed by atoms with van der Waals surface area (Å²) in [5, 5.41) is -0.0503. The lowest BCUT2D eigenvalue weighted by molar-refractivity contribution is -0.150. The largest absolute Gasteiger partial charge is 0.454 e. The van der Waals surface area contributed by atoms with Crippen molar-refractivity contribution >= 4 is 22.8 Å². The first-order chi connectivity index (χ1) is 7.61. The molecule has 0 aliphatic carbocycles. The quantitative estimate of drug-likeness (QED) is 0.487. The summed E-state index contributed by atoms with van der Waals surface area (Å²) in [6, 6.07) is 0. The van der Waals surface area contributed by atoms with Gasteiger partial charge in [-0.1, -0.05) is 44.4 Å². The molecule has 0 N–H and O–H groups in total. The molecular weight excluding hydrogens is 224 g/mol. The molecule has 0 heterocycles. The number of rotatable bonds is 8. The van der Waals surface area contributed by atoms with E-state index in [9.17, 15) is 9.59 Å². The van der Waals surface area contributed by atoms with E-state index < -0.39 is 6.10 Å². The fourth-order valence-corrected chi connectivity index (χ4v) is 1.92. The summed E-state index contributed by atoms with van der Waals surface area (Å²) in [5.41, 5.74) is 0. The standard InChI is InChI=1S/C12H22O3S/c1-4-5-6-7-8-9-11(12(14)16-3)15-10(2)13/h11H,4-9H2,1-3H3. The maximum absolute atomic E-state index is 11.5. The molecule has 1 unspecified atom stereocenters. The van der Waals surface area contributed by atoms with Crippen LogP contribution in [0.25, 0.3) is 0 Å². The third kappa shape index (κ3) is 7.74. The van der Waals surface area contributed by atoms with Gasteiger partial charge in [-0.3, -0.25) is 9.59 Å². The first-order valence-corrected chi connectivity index (χ1v) is 7.09. The second-order valence-electron chi connectivity index (χ2n) is 3.82. The summed E-state index contributed by atoms with van der Waals surface area (Å²) in [6.07, 6.45) is 7.51. The zero-order valence-corrected chi connectivity index (χ0v) is 11.3. The van der Waals surface area contributed by atoms with E-state index in [4.69, 9.17) is 4.74 Å². The smallest absolute Gasteiger partial charge is 0.303 e. The first kappa shape index (κ1) is 15.5. The highest BCUT2D eigenvalue weighted by atomic mass is 32.2. The van der Waals surface area contributed by atoms with Gasteiger partial charge in [0.2, 0.25) is 5.12 Å². The fraction of sp³-hybridized carbons (Fsp3) is 0.833. The predicted molar refractivity (Wildman–Crippen MR) is 67.5 cm³/mol. The average Bonchev–Trinajstić information content (AvgIpc) is 2.25. The van der Waals surface area contributed by atoms with Crippen molar-refractivity contribution in [2.45, 2.75) is 58.5 Å². The average molecular weight is 246 g/mol. The molecule has 16 heavy (non-hydrogen) atoms. The lowest BCUT2D eigenvalue weighted by Gasteiger charge is -2.14. The van der Waals surface area contributed by atoms with Crippen molar-refractivity contribution in [2.75, 3.05) is 6.26 Å². The van der Waals surface area contributed by atoms with Crippen LogP contribution in [0.2, 0.25) is 0 Å². The topological polar surface area (TPSA) is 43.4 Å². The Morgan fingerprint density at radius 2 is 1.81 bits per heavy atom. The summed E-state index contributed by atoms with van der Waals surface area (Å²) in [7, 11) is 0. The number of unbranched alkanes of at least 4 members (excludes halogenated alkanes) is 4. The third-order valence-corrected chi connectivity index (χ3v) is 3.01. The summed E-state index contributed by atoms with van der Waals surface area (Å²) < 4.78 is 5.00. The number of hydrogen-bond donors (Lipinski definition) is 0. The van der Waals surface area contributed by atoms with Crippen LogP contribution in [-0.4, -0.2) is 23.4 Å². The van der Waals surface area contributed by atoms with E-state index in [-0.39, 0.29) is 11.1 Å². The lowest BCUT2D eigenvalue weighted by Crippen LogP contribution is -2.23. The summed E-state index contributed by atoms with van der Waals surface area (Å²) in [4.78, 5) is 22.3. The maximum atomic E-state index is 11.5. The molecule has 0 amide bonds. The molecule has 94 valence electrons. The van der Waals surface area contributed by atoms with Gasteiger partial charge in [0.15, 0.2) is 6.10 Å². The van der Waals surface area contributed by atoms with Gasteiger partial charge < -0.3 is 4.74 Å². The molecule has 0 aliphatic heterocycles. The monoisotopic (exact) mass is 246 g/mol. The van der Waals surface area contributed by atoms with Gasteiger partial charge in [0, 0.05) is 6.92 Å². The summed E-state index contributed by atoms with van der Waals surface area (Å²) in [6.45, 7) is 3.51. The molecule has 0 aromatic heterocycles. The van der Waals surface area contributed by atoms with Crippen LogP contribution in [0.1, 0.15) is 52.4 Å². The van der Waals surface area contributed by atoms with Crippen LogP contribution in [0.4, 0.5) is 0 Å². The Hall–Kier alpha value is -0.510. The van der Waals surface area contributed by atoms with Crippen LogP contribution >= 0.6 is 11.8 Å². The number of ether oxygens (including phenoxy) is 1. The van der Waals surface area contributed by atoms with Crippen molar-refractivity contribution in [3.8, 4) is 0 Å². The van der Waals surface area contributed by atoms with E-state index in [1.807, 2.05) is 0 Å². The van der Waals surface area contributed by atoms with Crippen molar-refractivity contribution < 1.29 is 14.3 Å². The van der Waals surface area contributed by atoms with E-state index >= 15 is 0 Å². The summed E-state index contributed by atoms with van der Waals surface area (Å²) >= 11 is 1.13. The number of carbonyl (C=O) groups excluding carboxylic acids is 2. The highest BCUT2D eigenvalue weighted by molar-refractivity contribution is 8.13. The molecule has 0 rings (SSSR count). The van der Waals surface area contributed by atoms with Gasteiger partial charge in [0.25, 0.3) is 0 Å². The van der Waals surface area contributed by atoms with E-state index in [0.717, 1.165) is 24.6 Å². The maximum Gasteiger partial charge on any atom is 0.303 e. The molecule has 0 aromatic carbocycles. The SMILES string of the molecule is CCCCCCCC(OC(C)=O)C(=O)SC. The van der Waals surface area contributed by atoms with Crippen molar-refractivity contribution in [3.05, 3.63) is 0 Å². The fourth-order valence-electron chi connectivity index (χ4n) is 1.49. The Morgan fingerprint density at radius 3 is 2.31 bits per heavy atom. The van der Waals surface area contributed by atoms with Crippen molar-refractivity contribution in [2.24, 2.45) is 0 Å². The third-order valence-electron chi connectivity index (χ3n) is 2.34. The Bertz CT molecular complexity index is 216. The van der Waals surface area contributed by atoms with Gasteiger partial charge in [0.1, 0.15) is 0 Å². The van der Waals surface area contributed by atoms with Crippen LogP contribution < -0.4 is 0 Å². The van der Waals surface area contributed by atoms with Crippen LogP contribution in [0.15, 0.2) is 0 Å². The number of esters is 1. The highest BCUT2D eigenvalue weighted by Crippen LogP contribution is 2.14. The minimum absolute atomic E-state index is 0.0503. The van der Waals surface area contributed by atoms with Crippen LogP contribution in [0.3, 0.4) is 0 Å². The molecule has 0 radical (unpaired) electrons. The molecule has 0 saturated heterocycles. The summed E-state index contributed by atoms with van der Waals surface area (Å²) in [5.74, 6) is -0.374. The Kier molecular flexibility index (Phi) is 9.39. The Morgan fingerprint density at radius 1 is 1.19 bits per heavy atom. The van der Waals surface area contributed by atoms with E-state index in [1.54, 1.807) is 6.26 Å². The van der Waals surface area contributed by atoms with E-state index in [1.165, 1.54) is 26.2 Å². The minimum Gasteiger partial charge on any atom is -0.454 e. The predicted octanol–water partition coefficient (Wildman–Crippen LogP) is 3.17. The van der Waals surface area contributed by atoms with Crippen LogP contribution in [0.5, 0.6) is 0 Å². The molecule has 3 nitrogen and oxygen atoms in total. The molecule has 0 aliphatic rings. The minimum atomic E-state index is -0.547. The molecule has 0 bridgehead atoms. The molecule has 0 aromatic rings. The van der Waals surface area contributed by atoms with Gasteiger partial charge in [-0.2, -0.15) is 0 Å². The van der Waals surface area contributed by atoms with Gasteiger partial charge in [-0.25, -0.2) is 0 Å². The first-order valence-electron chi connectivity index (χ1n) is 5.86. The van der Waals surface area contributed by atoms with Gasteiger partial charge >= 0.3 is 5.97 Å². The highest BCUT2D eigenvalue weighted by Gasteiger charge is 2.19. The molecule has 0 fully saturated rings. The number of carbonyl (C=O) groups is 2. The Labute approximate surface area is 102 Å². The van der Waals surface area contributed by atoms with E-state index in [2.05, 4.69) is 6.92 Å².